The summed E-state index contributed by atoms with van der Waals surface area (Å²) in [7, 11) is -3.68. The summed E-state index contributed by atoms with van der Waals surface area (Å²) in [6.07, 6.45) is 1.32. The second-order valence-corrected chi connectivity index (χ2v) is 8.20. The molecule has 0 radical (unpaired) electrons. The van der Waals surface area contributed by atoms with E-state index in [9.17, 15) is 17.6 Å². The van der Waals surface area contributed by atoms with Gasteiger partial charge in [0, 0.05) is 24.7 Å². The van der Waals surface area contributed by atoms with Crippen LogP contribution in [0.1, 0.15) is 12.8 Å². The Morgan fingerprint density at radius 2 is 1.86 bits per heavy atom. The molecule has 150 valence electrons. The minimum atomic E-state index is -3.68. The topological polar surface area (TPSA) is 84.9 Å². The van der Waals surface area contributed by atoms with E-state index in [1.54, 1.807) is 24.3 Å². The number of rotatable bonds is 7. The van der Waals surface area contributed by atoms with E-state index in [1.165, 1.54) is 18.2 Å². The molecule has 28 heavy (non-hydrogen) atoms. The van der Waals surface area contributed by atoms with Crippen LogP contribution in [0.5, 0.6) is 11.5 Å². The van der Waals surface area contributed by atoms with Crippen molar-refractivity contribution in [2.45, 2.75) is 12.8 Å². The molecule has 0 fully saturated rings. The zero-order chi connectivity index (χ0) is 20.1. The number of carbonyl (C=O) groups excluding carboxylic acids is 1. The fourth-order valence-electron chi connectivity index (χ4n) is 2.85. The molecule has 0 unspecified atom stereocenters. The summed E-state index contributed by atoms with van der Waals surface area (Å²) < 4.78 is 49.9. The van der Waals surface area contributed by atoms with Crippen LogP contribution < -0.4 is 19.1 Å². The highest BCUT2D eigenvalue weighted by Crippen LogP contribution is 2.32. The van der Waals surface area contributed by atoms with Gasteiger partial charge in [0.25, 0.3) is 0 Å². The number of nitrogens with one attached hydrogen (secondary N) is 1. The molecule has 9 heteroatoms. The minimum Gasteiger partial charge on any atom is -0.486 e. The number of sulfonamides is 1. The second kappa shape index (κ2) is 8.47. The first kappa shape index (κ1) is 19.9. The molecular formula is C19H21FN2O5S. The summed E-state index contributed by atoms with van der Waals surface area (Å²) in [5.41, 5.74) is 0.528. The van der Waals surface area contributed by atoms with Crippen LogP contribution in [0.15, 0.2) is 42.5 Å². The van der Waals surface area contributed by atoms with E-state index in [4.69, 9.17) is 9.47 Å². The number of hydrogen-bond donors (Lipinski definition) is 1. The predicted molar refractivity (Wildman–Crippen MR) is 104 cm³/mol. The van der Waals surface area contributed by atoms with E-state index in [-0.39, 0.29) is 31.0 Å². The maximum absolute atomic E-state index is 14.0. The van der Waals surface area contributed by atoms with Crippen LogP contribution in [0.2, 0.25) is 0 Å². The maximum atomic E-state index is 14.0. The third kappa shape index (κ3) is 4.92. The molecule has 1 amide bonds. The molecule has 3 rings (SSSR count). The van der Waals surface area contributed by atoms with Crippen LogP contribution in [-0.2, 0) is 14.8 Å². The van der Waals surface area contributed by atoms with Gasteiger partial charge in [0.15, 0.2) is 11.5 Å². The molecular weight excluding hydrogens is 387 g/mol. The van der Waals surface area contributed by atoms with Gasteiger partial charge in [-0.25, -0.2) is 12.8 Å². The van der Waals surface area contributed by atoms with E-state index >= 15 is 0 Å². The fourth-order valence-corrected chi connectivity index (χ4v) is 3.81. The van der Waals surface area contributed by atoms with Gasteiger partial charge in [-0.3, -0.25) is 9.10 Å². The monoisotopic (exact) mass is 408 g/mol. The molecule has 0 saturated carbocycles. The summed E-state index contributed by atoms with van der Waals surface area (Å²) in [5.74, 6) is 0.275. The molecule has 0 spiro atoms. The number of anilines is 2. The first-order valence-electron chi connectivity index (χ1n) is 8.76. The lowest BCUT2D eigenvalue weighted by molar-refractivity contribution is -0.116. The summed E-state index contributed by atoms with van der Waals surface area (Å²) in [4.78, 5) is 12.2. The van der Waals surface area contributed by atoms with Crippen molar-refractivity contribution in [3.63, 3.8) is 0 Å². The SMILES string of the molecule is CS(=O)(=O)N(CCCC(=O)Nc1ccc2c(c1)OCCO2)c1ccccc1F. The van der Waals surface area contributed by atoms with Gasteiger partial charge in [-0.15, -0.1) is 0 Å². The minimum absolute atomic E-state index is 0.00563. The molecule has 0 saturated heterocycles. The van der Waals surface area contributed by atoms with Crippen molar-refractivity contribution in [3.05, 3.63) is 48.3 Å². The molecule has 2 aromatic carbocycles. The van der Waals surface area contributed by atoms with Gasteiger partial charge in [-0.2, -0.15) is 0 Å². The molecule has 1 aliphatic heterocycles. The number of hydrogen-bond acceptors (Lipinski definition) is 5. The first-order valence-corrected chi connectivity index (χ1v) is 10.6. The number of benzene rings is 2. The van der Waals surface area contributed by atoms with Crippen molar-refractivity contribution < 1.29 is 27.1 Å². The van der Waals surface area contributed by atoms with Gasteiger partial charge in [0.2, 0.25) is 15.9 Å². The molecule has 0 aliphatic carbocycles. The Morgan fingerprint density at radius 1 is 1.14 bits per heavy atom. The number of nitrogens with zero attached hydrogens (tertiary/aromatic N) is 1. The Bertz CT molecular complexity index is 965. The Balaban J connectivity index is 1.58. The van der Waals surface area contributed by atoms with Crippen LogP contribution in [0.25, 0.3) is 0 Å². The van der Waals surface area contributed by atoms with Crippen LogP contribution >= 0.6 is 0 Å². The lowest BCUT2D eigenvalue weighted by atomic mass is 10.2. The number of fused-ring (bicyclic) bond motifs is 1. The van der Waals surface area contributed by atoms with E-state index in [0.717, 1.165) is 10.6 Å². The summed E-state index contributed by atoms with van der Waals surface area (Å²) >= 11 is 0. The Morgan fingerprint density at radius 3 is 2.57 bits per heavy atom. The quantitative estimate of drug-likeness (QED) is 0.762. The summed E-state index contributed by atoms with van der Waals surface area (Å²) in [6, 6.07) is 10.7. The van der Waals surface area contributed by atoms with Crippen molar-refractivity contribution in [2.24, 2.45) is 0 Å². The predicted octanol–water partition coefficient (Wildman–Crippen LogP) is 2.78. The zero-order valence-electron chi connectivity index (χ0n) is 15.4. The van der Waals surface area contributed by atoms with Crippen molar-refractivity contribution in [1.29, 1.82) is 0 Å². The number of amides is 1. The van der Waals surface area contributed by atoms with Gasteiger partial charge >= 0.3 is 0 Å². The first-order chi connectivity index (χ1) is 13.3. The Labute approximate surface area is 163 Å². The van der Waals surface area contributed by atoms with Crippen LogP contribution in [0.3, 0.4) is 0 Å². The summed E-state index contributed by atoms with van der Waals surface area (Å²) in [5, 5.41) is 2.74. The lowest BCUT2D eigenvalue weighted by Crippen LogP contribution is -2.32. The van der Waals surface area contributed by atoms with Crippen LogP contribution in [0.4, 0.5) is 15.8 Å². The van der Waals surface area contributed by atoms with Gasteiger partial charge in [-0.1, -0.05) is 12.1 Å². The van der Waals surface area contributed by atoms with Crippen molar-refractivity contribution in [3.8, 4) is 11.5 Å². The van der Waals surface area contributed by atoms with Gasteiger partial charge in [0.05, 0.1) is 11.9 Å². The highest BCUT2D eigenvalue weighted by molar-refractivity contribution is 7.92. The van der Waals surface area contributed by atoms with Crippen molar-refractivity contribution in [2.75, 3.05) is 35.6 Å². The van der Waals surface area contributed by atoms with Gasteiger partial charge in [-0.05, 0) is 30.7 Å². The number of carbonyl (C=O) groups is 1. The fraction of sp³-hybridized carbons (Fsp3) is 0.316. The average Bonchev–Trinajstić information content (AvgIpc) is 2.65. The zero-order valence-corrected chi connectivity index (χ0v) is 16.2. The molecule has 2 aromatic rings. The third-order valence-corrected chi connectivity index (χ3v) is 5.29. The van der Waals surface area contributed by atoms with E-state index in [2.05, 4.69) is 5.32 Å². The van der Waals surface area contributed by atoms with E-state index in [1.807, 2.05) is 0 Å². The average molecular weight is 408 g/mol. The normalized spacial score (nSPS) is 13.1. The molecule has 0 bridgehead atoms. The van der Waals surface area contributed by atoms with E-state index < -0.39 is 15.8 Å². The number of para-hydroxylation sites is 1. The van der Waals surface area contributed by atoms with Gasteiger partial charge < -0.3 is 14.8 Å². The second-order valence-electron chi connectivity index (χ2n) is 6.30. The van der Waals surface area contributed by atoms with Crippen LogP contribution in [-0.4, -0.2) is 40.3 Å². The maximum Gasteiger partial charge on any atom is 0.232 e. The standard InChI is InChI=1S/C19H21FN2O5S/c1-28(24,25)22(16-6-3-2-5-15(16)20)10-4-7-19(23)21-14-8-9-17-18(13-14)27-12-11-26-17/h2-3,5-6,8-9,13H,4,7,10-12H2,1H3,(H,21,23). The lowest BCUT2D eigenvalue weighted by Gasteiger charge is -2.22. The molecule has 7 nitrogen and oxygen atoms in total. The van der Waals surface area contributed by atoms with E-state index in [0.29, 0.717) is 30.4 Å². The van der Waals surface area contributed by atoms with Crippen molar-refractivity contribution in [1.82, 2.24) is 0 Å². The molecule has 1 aliphatic rings. The molecule has 0 aromatic heterocycles. The van der Waals surface area contributed by atoms with Gasteiger partial charge in [0.1, 0.15) is 19.0 Å². The smallest absolute Gasteiger partial charge is 0.232 e. The largest absolute Gasteiger partial charge is 0.486 e. The third-order valence-electron chi connectivity index (χ3n) is 4.11. The Hall–Kier alpha value is -2.81. The highest BCUT2D eigenvalue weighted by atomic mass is 32.2. The molecule has 0 atom stereocenters. The van der Waals surface area contributed by atoms with Crippen LogP contribution in [0, 0.1) is 5.82 Å². The highest BCUT2D eigenvalue weighted by Gasteiger charge is 2.20. The van der Waals surface area contributed by atoms with Crippen molar-refractivity contribution >= 4 is 27.3 Å². The molecule has 1 N–H and O–H groups in total. The Kier molecular flexibility index (Phi) is 6.03. The number of halogens is 1. The molecule has 1 heterocycles. The number of ether oxygens (including phenoxy) is 2. The summed E-state index contributed by atoms with van der Waals surface area (Å²) in [6.45, 7) is 0.924.